The number of benzene rings is 2. The van der Waals surface area contributed by atoms with E-state index in [4.69, 9.17) is 38.4 Å². The number of primary amides is 1. The summed E-state index contributed by atoms with van der Waals surface area (Å²) in [7, 11) is 1.53. The molecule has 176 valence electrons. The van der Waals surface area contributed by atoms with E-state index in [1.54, 1.807) is 42.5 Å². The van der Waals surface area contributed by atoms with Gasteiger partial charge in [0.1, 0.15) is 11.6 Å². The van der Waals surface area contributed by atoms with Crippen LogP contribution < -0.4 is 20.5 Å². The third-order valence-corrected chi connectivity index (χ3v) is 7.37. The summed E-state index contributed by atoms with van der Waals surface area (Å²) in [5, 5.41) is 4.34. The number of fused-ring (bicyclic) bond motifs is 1. The van der Waals surface area contributed by atoms with Gasteiger partial charge in [-0.1, -0.05) is 35.3 Å². The number of rotatable bonds is 8. The van der Waals surface area contributed by atoms with E-state index < -0.39 is 5.91 Å². The van der Waals surface area contributed by atoms with E-state index in [0.717, 1.165) is 35.3 Å². The molecule has 1 heterocycles. The molecular formula is C25H22Cl2N2O4S. The quantitative estimate of drug-likeness (QED) is 0.365. The Hall–Kier alpha value is -3.00. The highest BCUT2D eigenvalue weighted by Gasteiger charge is 2.25. The van der Waals surface area contributed by atoms with Crippen molar-refractivity contribution in [2.75, 3.05) is 12.4 Å². The number of aryl methyl sites for hydroxylation is 1. The summed E-state index contributed by atoms with van der Waals surface area (Å²) in [5.41, 5.74) is 8.37. The van der Waals surface area contributed by atoms with Crippen molar-refractivity contribution in [2.45, 2.75) is 25.9 Å². The second-order valence-electron chi connectivity index (χ2n) is 7.65. The zero-order chi connectivity index (χ0) is 24.2. The first-order valence-corrected chi connectivity index (χ1v) is 12.1. The van der Waals surface area contributed by atoms with Gasteiger partial charge in [0.2, 0.25) is 5.91 Å². The lowest BCUT2D eigenvalue weighted by atomic mass is 10.1. The zero-order valence-electron chi connectivity index (χ0n) is 18.3. The lowest BCUT2D eigenvalue weighted by molar-refractivity contribution is -0.111. The molecule has 0 unspecified atom stereocenters. The number of anilines is 1. The summed E-state index contributed by atoms with van der Waals surface area (Å²) in [6.45, 7) is 0.180. The maximum absolute atomic E-state index is 12.5. The molecule has 0 saturated heterocycles. The predicted molar refractivity (Wildman–Crippen MR) is 136 cm³/mol. The van der Waals surface area contributed by atoms with Crippen molar-refractivity contribution in [1.29, 1.82) is 0 Å². The largest absolute Gasteiger partial charge is 0.493 e. The predicted octanol–water partition coefficient (Wildman–Crippen LogP) is 5.88. The van der Waals surface area contributed by atoms with Crippen molar-refractivity contribution >= 4 is 57.4 Å². The highest BCUT2D eigenvalue weighted by molar-refractivity contribution is 7.17. The van der Waals surface area contributed by atoms with E-state index in [1.165, 1.54) is 24.5 Å². The molecule has 0 spiro atoms. The summed E-state index contributed by atoms with van der Waals surface area (Å²) >= 11 is 13.8. The second kappa shape index (κ2) is 10.5. The van der Waals surface area contributed by atoms with Crippen LogP contribution >= 0.6 is 34.5 Å². The normalized spacial score (nSPS) is 12.6. The number of hydrogen-bond donors (Lipinski definition) is 2. The molecule has 2 aromatic carbocycles. The van der Waals surface area contributed by atoms with E-state index in [-0.39, 0.29) is 12.5 Å². The van der Waals surface area contributed by atoms with Crippen molar-refractivity contribution in [3.8, 4) is 11.5 Å². The minimum absolute atomic E-state index is 0.180. The maximum atomic E-state index is 12.5. The summed E-state index contributed by atoms with van der Waals surface area (Å²) < 4.78 is 11.3. The lowest BCUT2D eigenvalue weighted by Crippen LogP contribution is -2.16. The van der Waals surface area contributed by atoms with Crippen LogP contribution in [0.3, 0.4) is 0 Å². The number of thiophene rings is 1. The van der Waals surface area contributed by atoms with Crippen LogP contribution in [0.4, 0.5) is 5.00 Å². The van der Waals surface area contributed by atoms with Gasteiger partial charge in [0.15, 0.2) is 11.5 Å². The second-order valence-corrected chi connectivity index (χ2v) is 9.57. The number of methoxy groups -OCH3 is 1. The van der Waals surface area contributed by atoms with Crippen molar-refractivity contribution in [3.63, 3.8) is 0 Å². The molecule has 0 bridgehead atoms. The minimum Gasteiger partial charge on any atom is -0.493 e. The van der Waals surface area contributed by atoms with Gasteiger partial charge < -0.3 is 20.5 Å². The summed E-state index contributed by atoms with van der Waals surface area (Å²) in [4.78, 5) is 25.5. The van der Waals surface area contributed by atoms with Crippen molar-refractivity contribution in [1.82, 2.24) is 0 Å². The minimum atomic E-state index is -0.517. The molecule has 0 atom stereocenters. The zero-order valence-corrected chi connectivity index (χ0v) is 20.7. The van der Waals surface area contributed by atoms with Crippen LogP contribution in [0.5, 0.6) is 11.5 Å². The van der Waals surface area contributed by atoms with Gasteiger partial charge >= 0.3 is 0 Å². The Morgan fingerprint density at radius 1 is 1.15 bits per heavy atom. The Morgan fingerprint density at radius 2 is 1.91 bits per heavy atom. The molecule has 0 aliphatic heterocycles. The van der Waals surface area contributed by atoms with E-state index in [0.29, 0.717) is 37.7 Å². The van der Waals surface area contributed by atoms with Crippen molar-refractivity contribution in [2.24, 2.45) is 5.73 Å². The summed E-state index contributed by atoms with van der Waals surface area (Å²) in [6, 6.07) is 10.6. The number of carbonyl (C=O) groups excluding carboxylic acids is 2. The lowest BCUT2D eigenvalue weighted by Gasteiger charge is -2.13. The van der Waals surface area contributed by atoms with Gasteiger partial charge in [0, 0.05) is 26.6 Å². The average Bonchev–Trinajstić information content (AvgIpc) is 3.38. The van der Waals surface area contributed by atoms with Gasteiger partial charge in [-0.3, -0.25) is 9.59 Å². The van der Waals surface area contributed by atoms with Gasteiger partial charge in [-0.25, -0.2) is 0 Å². The van der Waals surface area contributed by atoms with Crippen LogP contribution in [0, 0.1) is 0 Å². The Bertz CT molecular complexity index is 1270. The molecular weight excluding hydrogens is 495 g/mol. The number of carbonyl (C=O) groups is 2. The highest BCUT2D eigenvalue weighted by Crippen LogP contribution is 2.39. The molecule has 0 radical (unpaired) electrons. The summed E-state index contributed by atoms with van der Waals surface area (Å²) in [6.07, 6.45) is 5.77. The first-order chi connectivity index (χ1) is 16.4. The molecule has 9 heteroatoms. The van der Waals surface area contributed by atoms with Gasteiger partial charge in [0.25, 0.3) is 5.91 Å². The van der Waals surface area contributed by atoms with Gasteiger partial charge in [-0.15, -0.1) is 11.3 Å². The standard InChI is InChI=1S/C25H22Cl2N2O4S/c1-32-20-12-14(8-10-19(20)33-13-16-17(26)5-3-6-18(16)27)9-11-22(30)29-25-23(24(28)31)15-4-2-7-21(15)34-25/h3,5-6,8-12H,2,4,7,13H2,1H3,(H2,28,31)(H,29,30)/b11-9+. The SMILES string of the molecule is COc1cc(/C=C/C(=O)Nc2sc3c(c2C(N)=O)CCC3)ccc1OCc1c(Cl)cccc1Cl. The van der Waals surface area contributed by atoms with Gasteiger partial charge in [0.05, 0.1) is 12.7 Å². The van der Waals surface area contributed by atoms with Crippen LogP contribution in [0.1, 0.15) is 38.3 Å². The molecule has 0 fully saturated rings. The molecule has 2 amide bonds. The van der Waals surface area contributed by atoms with Gasteiger partial charge in [-0.05, 0) is 60.7 Å². The van der Waals surface area contributed by atoms with Crippen molar-refractivity contribution in [3.05, 3.63) is 79.7 Å². The fraction of sp³-hybridized carbons (Fsp3) is 0.200. The van der Waals surface area contributed by atoms with Crippen LogP contribution in [-0.4, -0.2) is 18.9 Å². The number of ether oxygens (including phenoxy) is 2. The topological polar surface area (TPSA) is 90.6 Å². The number of nitrogens with one attached hydrogen (secondary N) is 1. The number of nitrogens with two attached hydrogens (primary N) is 1. The fourth-order valence-electron chi connectivity index (χ4n) is 3.81. The van der Waals surface area contributed by atoms with E-state index in [2.05, 4.69) is 5.32 Å². The van der Waals surface area contributed by atoms with E-state index in [1.807, 2.05) is 0 Å². The Labute approximate surface area is 211 Å². The maximum Gasteiger partial charge on any atom is 0.251 e. The molecule has 0 saturated carbocycles. The summed E-state index contributed by atoms with van der Waals surface area (Å²) in [5.74, 6) is 0.142. The Morgan fingerprint density at radius 3 is 2.62 bits per heavy atom. The number of amides is 2. The average molecular weight is 517 g/mol. The number of halogens is 2. The van der Waals surface area contributed by atoms with Gasteiger partial charge in [-0.2, -0.15) is 0 Å². The monoisotopic (exact) mass is 516 g/mol. The molecule has 34 heavy (non-hydrogen) atoms. The van der Waals surface area contributed by atoms with Crippen LogP contribution in [0.25, 0.3) is 6.08 Å². The molecule has 3 N–H and O–H groups in total. The van der Waals surface area contributed by atoms with Crippen LogP contribution in [-0.2, 0) is 24.2 Å². The van der Waals surface area contributed by atoms with Crippen molar-refractivity contribution < 1.29 is 19.1 Å². The first kappa shape index (κ1) is 24.1. The fourth-order valence-corrected chi connectivity index (χ4v) is 5.61. The third kappa shape index (κ3) is 5.22. The van der Waals surface area contributed by atoms with E-state index in [9.17, 15) is 9.59 Å². The molecule has 1 aliphatic rings. The molecule has 1 aliphatic carbocycles. The van der Waals surface area contributed by atoms with E-state index >= 15 is 0 Å². The molecule has 1 aromatic heterocycles. The molecule has 3 aromatic rings. The third-order valence-electron chi connectivity index (χ3n) is 5.45. The number of hydrogen-bond acceptors (Lipinski definition) is 5. The first-order valence-electron chi connectivity index (χ1n) is 10.5. The molecule has 6 nitrogen and oxygen atoms in total. The Kier molecular flexibility index (Phi) is 7.46. The van der Waals surface area contributed by atoms with Crippen LogP contribution in [0.2, 0.25) is 10.0 Å². The Balaban J connectivity index is 1.44. The molecule has 4 rings (SSSR count). The smallest absolute Gasteiger partial charge is 0.251 e. The highest BCUT2D eigenvalue weighted by atomic mass is 35.5. The van der Waals surface area contributed by atoms with Crippen LogP contribution in [0.15, 0.2) is 42.5 Å².